The highest BCUT2D eigenvalue weighted by molar-refractivity contribution is 9.10. The summed E-state index contributed by atoms with van der Waals surface area (Å²) in [6, 6.07) is 20.8. The van der Waals surface area contributed by atoms with Crippen molar-refractivity contribution in [3.8, 4) is 22.7 Å². The molecule has 0 saturated carbocycles. The van der Waals surface area contributed by atoms with Crippen molar-refractivity contribution in [3.05, 3.63) is 70.8 Å². The van der Waals surface area contributed by atoms with Crippen molar-refractivity contribution in [2.45, 2.75) is 13.8 Å². The van der Waals surface area contributed by atoms with Gasteiger partial charge in [0, 0.05) is 10.2 Å². The zero-order valence-electron chi connectivity index (χ0n) is 12.7. The fourth-order valence-corrected chi connectivity index (χ4v) is 2.89. The average molecular weight is 356 g/mol. The first-order valence-corrected chi connectivity index (χ1v) is 8.16. The van der Waals surface area contributed by atoms with Crippen molar-refractivity contribution < 1.29 is 4.74 Å². The molecule has 2 aromatic carbocycles. The van der Waals surface area contributed by atoms with Gasteiger partial charge in [0.05, 0.1) is 18.0 Å². The van der Waals surface area contributed by atoms with Gasteiger partial charge in [-0.25, -0.2) is 0 Å². The fraction of sp³-hybridized carbons (Fsp3) is 0.158. The lowest BCUT2D eigenvalue weighted by Crippen LogP contribution is -2.03. The number of nitrogens with zero attached hydrogens (tertiary/aromatic N) is 1. The van der Waals surface area contributed by atoms with Crippen LogP contribution >= 0.6 is 15.9 Å². The Bertz CT molecular complexity index is 774. The first-order chi connectivity index (χ1) is 10.7. The van der Waals surface area contributed by atoms with Crippen LogP contribution < -0.4 is 4.74 Å². The van der Waals surface area contributed by atoms with Crippen molar-refractivity contribution >= 4 is 15.9 Å². The molecule has 0 spiro atoms. The number of rotatable bonds is 4. The highest BCUT2D eigenvalue weighted by Crippen LogP contribution is 2.31. The van der Waals surface area contributed by atoms with E-state index < -0.39 is 0 Å². The maximum atomic E-state index is 5.80. The van der Waals surface area contributed by atoms with Crippen LogP contribution in [0.2, 0.25) is 0 Å². The van der Waals surface area contributed by atoms with E-state index in [2.05, 4.69) is 69.9 Å². The van der Waals surface area contributed by atoms with Gasteiger partial charge in [0.2, 0.25) is 0 Å². The molecule has 3 rings (SSSR count). The van der Waals surface area contributed by atoms with Crippen LogP contribution in [0, 0.1) is 6.92 Å². The number of hydrogen-bond acceptors (Lipinski definition) is 1. The second kappa shape index (κ2) is 6.41. The van der Waals surface area contributed by atoms with Crippen molar-refractivity contribution in [2.24, 2.45) is 0 Å². The van der Waals surface area contributed by atoms with Gasteiger partial charge in [0.25, 0.3) is 0 Å². The summed E-state index contributed by atoms with van der Waals surface area (Å²) >= 11 is 3.49. The molecule has 0 amide bonds. The Balaban J connectivity index is 2.16. The minimum Gasteiger partial charge on any atom is -0.492 e. The summed E-state index contributed by atoms with van der Waals surface area (Å²) < 4.78 is 9.13. The Labute approximate surface area is 139 Å². The Morgan fingerprint density at radius 2 is 1.68 bits per heavy atom. The lowest BCUT2D eigenvalue weighted by Gasteiger charge is -2.16. The van der Waals surface area contributed by atoms with E-state index in [0.29, 0.717) is 6.61 Å². The summed E-state index contributed by atoms with van der Waals surface area (Å²) in [5.41, 5.74) is 4.61. The van der Waals surface area contributed by atoms with E-state index in [1.54, 1.807) is 0 Å². The summed E-state index contributed by atoms with van der Waals surface area (Å²) in [4.78, 5) is 0. The first-order valence-electron chi connectivity index (χ1n) is 7.37. The van der Waals surface area contributed by atoms with Gasteiger partial charge >= 0.3 is 0 Å². The van der Waals surface area contributed by atoms with E-state index >= 15 is 0 Å². The molecule has 3 heteroatoms. The molecule has 0 bridgehead atoms. The van der Waals surface area contributed by atoms with Crippen LogP contribution in [-0.4, -0.2) is 11.2 Å². The third-order valence-electron chi connectivity index (χ3n) is 3.62. The Kier molecular flexibility index (Phi) is 4.34. The van der Waals surface area contributed by atoms with E-state index in [-0.39, 0.29) is 0 Å². The van der Waals surface area contributed by atoms with Crippen LogP contribution in [-0.2, 0) is 0 Å². The van der Waals surface area contributed by atoms with Crippen molar-refractivity contribution in [3.63, 3.8) is 0 Å². The Morgan fingerprint density at radius 1 is 0.955 bits per heavy atom. The van der Waals surface area contributed by atoms with E-state index in [1.807, 2.05) is 25.1 Å². The molecule has 0 radical (unpaired) electrons. The maximum Gasteiger partial charge on any atom is 0.143 e. The second-order valence-electron chi connectivity index (χ2n) is 5.10. The number of halogens is 1. The average Bonchev–Trinajstić information content (AvgIpc) is 2.91. The quantitative estimate of drug-likeness (QED) is 0.592. The minimum absolute atomic E-state index is 0.658. The molecule has 0 atom stereocenters. The first kappa shape index (κ1) is 14.9. The summed E-state index contributed by atoms with van der Waals surface area (Å²) in [5.74, 6) is 0.905. The molecule has 0 fully saturated rings. The zero-order valence-corrected chi connectivity index (χ0v) is 14.3. The molecule has 0 saturated heterocycles. The Hall–Kier alpha value is -2.00. The van der Waals surface area contributed by atoms with Crippen LogP contribution in [0.15, 0.2) is 65.1 Å². The van der Waals surface area contributed by atoms with Crippen molar-refractivity contribution in [2.75, 3.05) is 6.61 Å². The predicted octanol–water partition coefficient (Wildman–Crippen LogP) is 5.61. The molecular weight excluding hydrogens is 338 g/mol. The van der Waals surface area contributed by atoms with Gasteiger partial charge in [0.1, 0.15) is 5.75 Å². The third kappa shape index (κ3) is 2.81. The standard InChI is InChI=1S/C19H18BrNO/c1-3-22-19-7-5-4-6-18(19)21-14(2)8-13-17(21)15-9-11-16(20)12-10-15/h4-13H,3H2,1-2H3. The zero-order chi connectivity index (χ0) is 15.5. The molecule has 112 valence electrons. The van der Waals surface area contributed by atoms with Gasteiger partial charge in [-0.1, -0.05) is 40.2 Å². The monoisotopic (exact) mass is 355 g/mol. The van der Waals surface area contributed by atoms with Crippen molar-refractivity contribution in [1.82, 2.24) is 4.57 Å². The van der Waals surface area contributed by atoms with Crippen LogP contribution in [0.3, 0.4) is 0 Å². The van der Waals surface area contributed by atoms with Gasteiger partial charge < -0.3 is 9.30 Å². The van der Waals surface area contributed by atoms with E-state index in [0.717, 1.165) is 21.6 Å². The molecular formula is C19H18BrNO. The van der Waals surface area contributed by atoms with E-state index in [1.165, 1.54) is 11.3 Å². The normalized spacial score (nSPS) is 10.7. The second-order valence-corrected chi connectivity index (χ2v) is 6.02. The molecule has 0 unspecified atom stereocenters. The largest absolute Gasteiger partial charge is 0.492 e. The summed E-state index contributed by atoms with van der Waals surface area (Å²) in [7, 11) is 0. The molecule has 3 aromatic rings. The predicted molar refractivity (Wildman–Crippen MR) is 94.8 cm³/mol. The van der Waals surface area contributed by atoms with Gasteiger partial charge in [-0.15, -0.1) is 0 Å². The molecule has 1 aromatic heterocycles. The molecule has 1 heterocycles. The molecule has 0 aliphatic heterocycles. The number of hydrogen-bond donors (Lipinski definition) is 0. The third-order valence-corrected chi connectivity index (χ3v) is 4.15. The lowest BCUT2D eigenvalue weighted by molar-refractivity contribution is 0.339. The topological polar surface area (TPSA) is 14.2 Å². The number of benzene rings is 2. The number of aryl methyl sites for hydroxylation is 1. The highest BCUT2D eigenvalue weighted by Gasteiger charge is 2.13. The number of para-hydroxylation sites is 2. The SMILES string of the molecule is CCOc1ccccc1-n1c(C)ccc1-c1ccc(Br)cc1. The smallest absolute Gasteiger partial charge is 0.143 e. The van der Waals surface area contributed by atoms with Crippen LogP contribution in [0.4, 0.5) is 0 Å². The Morgan fingerprint density at radius 3 is 2.41 bits per heavy atom. The highest BCUT2D eigenvalue weighted by atomic mass is 79.9. The van der Waals surface area contributed by atoms with Gasteiger partial charge in [-0.2, -0.15) is 0 Å². The van der Waals surface area contributed by atoms with Crippen LogP contribution in [0.25, 0.3) is 16.9 Å². The van der Waals surface area contributed by atoms with Crippen LogP contribution in [0.1, 0.15) is 12.6 Å². The van der Waals surface area contributed by atoms with Gasteiger partial charge in [-0.05, 0) is 55.8 Å². The van der Waals surface area contributed by atoms with Gasteiger partial charge in [-0.3, -0.25) is 0 Å². The summed E-state index contributed by atoms with van der Waals surface area (Å²) in [6.07, 6.45) is 0. The summed E-state index contributed by atoms with van der Waals surface area (Å²) in [6.45, 7) is 4.78. The molecule has 0 aliphatic carbocycles. The molecule has 2 nitrogen and oxygen atoms in total. The van der Waals surface area contributed by atoms with E-state index in [9.17, 15) is 0 Å². The van der Waals surface area contributed by atoms with Crippen LogP contribution in [0.5, 0.6) is 5.75 Å². The molecule has 0 N–H and O–H groups in total. The van der Waals surface area contributed by atoms with Crippen molar-refractivity contribution in [1.29, 1.82) is 0 Å². The van der Waals surface area contributed by atoms with E-state index in [4.69, 9.17) is 4.74 Å². The lowest BCUT2D eigenvalue weighted by atomic mass is 10.1. The minimum atomic E-state index is 0.658. The van der Waals surface area contributed by atoms with Gasteiger partial charge in [0.15, 0.2) is 0 Å². The fourth-order valence-electron chi connectivity index (χ4n) is 2.62. The number of ether oxygens (including phenoxy) is 1. The molecule has 22 heavy (non-hydrogen) atoms. The number of aromatic nitrogens is 1. The maximum absolute atomic E-state index is 5.80. The summed E-state index contributed by atoms with van der Waals surface area (Å²) in [5, 5.41) is 0. The molecule has 0 aliphatic rings.